The van der Waals surface area contributed by atoms with Crippen LogP contribution in [-0.2, 0) is 33.3 Å². The van der Waals surface area contributed by atoms with Gasteiger partial charge >= 0.3 is 6.17 Å². The van der Waals surface area contributed by atoms with Gasteiger partial charge in [0.05, 0.1) is 57.7 Å². The Kier molecular flexibility index (Phi) is 25.5. The largest absolute Gasteiger partial charge is 0.382 e. The van der Waals surface area contributed by atoms with E-state index in [-0.39, 0.29) is 50.1 Å². The molecule has 0 saturated heterocycles. The number of methoxy groups -OCH3 is 1. The smallest absolute Gasteiger partial charge is 0.308 e. The Balaban J connectivity index is 4.25. The fraction of sp³-hybridized carbons (Fsp3) is 0.880. The highest BCUT2D eigenvalue weighted by atomic mass is 16.6. The fourth-order valence-corrected chi connectivity index (χ4v) is 3.15. The number of hydrogen-bond acceptors (Lipinski definition) is 9. The molecule has 0 spiro atoms. The Morgan fingerprint density at radius 3 is 1.92 bits per heavy atom. The minimum absolute atomic E-state index is 0.00193. The van der Waals surface area contributed by atoms with Gasteiger partial charge in [0.2, 0.25) is 17.7 Å². The molecular formula is C25H51N6O8+. The van der Waals surface area contributed by atoms with Crippen molar-refractivity contribution in [2.75, 3.05) is 79.5 Å². The Bertz CT molecular complexity index is 656. The fourth-order valence-electron chi connectivity index (χ4n) is 3.15. The van der Waals surface area contributed by atoms with E-state index in [1.807, 2.05) is 0 Å². The summed E-state index contributed by atoms with van der Waals surface area (Å²) in [7, 11) is 1.61. The molecule has 0 aromatic rings. The molecule has 14 nitrogen and oxygen atoms in total. The van der Waals surface area contributed by atoms with Gasteiger partial charge in [-0.2, -0.15) is 0 Å². The number of nitrogens with zero attached hydrogens (tertiary/aromatic N) is 1. The second-order valence-electron chi connectivity index (χ2n) is 8.69. The molecule has 0 aromatic carbocycles. The van der Waals surface area contributed by atoms with E-state index < -0.39 is 6.17 Å². The number of nitrogens with two attached hydrogens (primary N) is 1. The number of hydrogen-bond donors (Lipinski definition) is 5. The summed E-state index contributed by atoms with van der Waals surface area (Å²) in [5.74, 6) is -0.483. The highest BCUT2D eigenvalue weighted by Crippen LogP contribution is 2.01. The Morgan fingerprint density at radius 2 is 1.33 bits per heavy atom. The van der Waals surface area contributed by atoms with Crippen molar-refractivity contribution in [3.05, 3.63) is 4.91 Å². The summed E-state index contributed by atoms with van der Waals surface area (Å²) >= 11 is 0. The topological polar surface area (TPSA) is 182 Å². The number of nitrogens with one attached hydrogen (secondary N) is 4. The summed E-state index contributed by atoms with van der Waals surface area (Å²) in [6.07, 6.45) is 2.81. The Hall–Kier alpha value is -2.39. The minimum atomic E-state index is -0.910. The van der Waals surface area contributed by atoms with E-state index in [4.69, 9.17) is 24.7 Å². The summed E-state index contributed by atoms with van der Waals surface area (Å²) in [6.45, 7) is 6.58. The lowest BCUT2D eigenvalue weighted by molar-refractivity contribution is -0.645. The first-order valence-corrected chi connectivity index (χ1v) is 13.9. The molecule has 0 aliphatic heterocycles. The molecule has 0 heterocycles. The van der Waals surface area contributed by atoms with Crippen LogP contribution in [0.15, 0.2) is 0 Å². The maximum atomic E-state index is 12.6. The third-order valence-corrected chi connectivity index (χ3v) is 5.37. The molecule has 0 aliphatic rings. The number of nitroso groups, excluding NO2 is 1. The maximum Gasteiger partial charge on any atom is 0.308 e. The van der Waals surface area contributed by atoms with Crippen molar-refractivity contribution in [1.82, 2.24) is 21.4 Å². The van der Waals surface area contributed by atoms with Gasteiger partial charge in [-0.05, 0) is 32.2 Å². The number of rotatable bonds is 28. The van der Waals surface area contributed by atoms with Gasteiger partial charge in [0.1, 0.15) is 4.87 Å². The molecule has 0 rings (SSSR count). The van der Waals surface area contributed by atoms with Gasteiger partial charge in [-0.1, -0.05) is 6.92 Å². The molecule has 0 bridgehead atoms. The summed E-state index contributed by atoms with van der Waals surface area (Å²) in [6, 6.07) is 0. The predicted octanol–water partition coefficient (Wildman–Crippen LogP) is -0.260. The first kappa shape index (κ1) is 36.6. The van der Waals surface area contributed by atoms with Crippen LogP contribution >= 0.6 is 0 Å². The van der Waals surface area contributed by atoms with Crippen molar-refractivity contribution in [1.29, 1.82) is 0 Å². The van der Waals surface area contributed by atoms with Crippen molar-refractivity contribution in [2.24, 2.45) is 5.73 Å². The van der Waals surface area contributed by atoms with Gasteiger partial charge in [-0.25, -0.2) is 0 Å². The average Bonchev–Trinajstić information content (AvgIpc) is 2.93. The molecule has 1 atom stereocenters. The van der Waals surface area contributed by atoms with Crippen LogP contribution in [0.25, 0.3) is 0 Å². The Labute approximate surface area is 232 Å². The zero-order chi connectivity index (χ0) is 29.0. The van der Waals surface area contributed by atoms with Gasteiger partial charge in [-0.15, -0.1) is 5.43 Å². The predicted molar refractivity (Wildman–Crippen MR) is 146 cm³/mol. The van der Waals surface area contributed by atoms with Gasteiger partial charge in [-0.3, -0.25) is 19.7 Å². The number of ether oxygens (including phenoxy) is 4. The number of carbonyl (C=O) groups excluding carboxylic acids is 3. The van der Waals surface area contributed by atoms with Crippen LogP contribution < -0.4 is 27.1 Å². The van der Waals surface area contributed by atoms with E-state index in [2.05, 4.69) is 21.4 Å². The van der Waals surface area contributed by atoms with Crippen LogP contribution in [0.2, 0.25) is 0 Å². The van der Waals surface area contributed by atoms with Crippen LogP contribution in [0.5, 0.6) is 0 Å². The second kappa shape index (κ2) is 27.2. The van der Waals surface area contributed by atoms with Crippen molar-refractivity contribution in [3.8, 4) is 0 Å². The number of carbonyl (C=O) groups is 3. The quantitative estimate of drug-likeness (QED) is 0.0368. The number of amides is 3. The molecular weight excluding hydrogens is 512 g/mol. The molecule has 0 saturated carbocycles. The van der Waals surface area contributed by atoms with Crippen LogP contribution in [0, 0.1) is 4.91 Å². The van der Waals surface area contributed by atoms with Gasteiger partial charge in [0.15, 0.2) is 0 Å². The highest BCUT2D eigenvalue weighted by Gasteiger charge is 2.28. The second-order valence-corrected chi connectivity index (χ2v) is 8.69. The van der Waals surface area contributed by atoms with Crippen molar-refractivity contribution in [2.45, 2.75) is 64.5 Å². The lowest BCUT2D eigenvalue weighted by Gasteiger charge is -2.12. The molecule has 0 aliphatic carbocycles. The Morgan fingerprint density at radius 1 is 0.744 bits per heavy atom. The van der Waals surface area contributed by atoms with Gasteiger partial charge in [0, 0.05) is 45.9 Å². The zero-order valence-corrected chi connectivity index (χ0v) is 23.8. The first-order valence-electron chi connectivity index (χ1n) is 13.9. The van der Waals surface area contributed by atoms with E-state index in [1.54, 1.807) is 14.0 Å². The maximum absolute atomic E-state index is 12.6. The van der Waals surface area contributed by atoms with Crippen LogP contribution in [-0.4, -0.2) is 108 Å². The third kappa shape index (κ3) is 24.4. The highest BCUT2D eigenvalue weighted by molar-refractivity contribution is 5.77. The average molecular weight is 564 g/mol. The molecule has 0 radical (unpaired) electrons. The van der Waals surface area contributed by atoms with E-state index >= 15 is 0 Å². The standard InChI is InChI=1S/C25H50N6O8/c1-3-23(32)27-12-6-7-13-28-24(33)10-9-22(30-25(34)8-4-5-11-26)31(35)29-14-15-37-18-19-39-21-20-38-17-16-36-2/h22H,3-21,26H2,1-2H3,(H3-,27,28,29,30,32,33,34,35)/p+1/t22-/m1/s1. The normalized spacial score (nSPS) is 11.6. The summed E-state index contributed by atoms with van der Waals surface area (Å²) in [5, 5.41) is 8.28. The van der Waals surface area contributed by atoms with Gasteiger partial charge < -0.3 is 35.3 Å². The zero-order valence-electron chi connectivity index (χ0n) is 23.8. The molecule has 3 amide bonds. The lowest BCUT2D eigenvalue weighted by Crippen LogP contribution is -2.48. The SMILES string of the molecule is CCC(=O)NCCCCNC(=O)CC[C@H](NC(=O)CCCCN)[N+](=O)NCCOCCOCCOCCOC. The summed E-state index contributed by atoms with van der Waals surface area (Å²) in [4.78, 5) is 48.9. The third-order valence-electron chi connectivity index (χ3n) is 5.37. The monoisotopic (exact) mass is 563 g/mol. The molecule has 0 unspecified atom stereocenters. The van der Waals surface area contributed by atoms with Crippen molar-refractivity contribution >= 4 is 17.7 Å². The minimum Gasteiger partial charge on any atom is -0.382 e. The van der Waals surface area contributed by atoms with Crippen LogP contribution in [0.4, 0.5) is 0 Å². The van der Waals surface area contributed by atoms with Crippen LogP contribution in [0.1, 0.15) is 58.3 Å². The number of unbranched alkanes of at least 4 members (excludes halogenated alkanes) is 2. The molecule has 228 valence electrons. The van der Waals surface area contributed by atoms with E-state index in [0.29, 0.717) is 83.4 Å². The first-order chi connectivity index (χ1) is 18.9. The van der Waals surface area contributed by atoms with Crippen molar-refractivity contribution in [3.63, 3.8) is 0 Å². The molecule has 14 heteroatoms. The number of hydrazine groups is 1. The summed E-state index contributed by atoms with van der Waals surface area (Å²) < 4.78 is 21.0. The van der Waals surface area contributed by atoms with Crippen molar-refractivity contribution < 1.29 is 38.2 Å². The van der Waals surface area contributed by atoms with Crippen LogP contribution in [0.3, 0.4) is 0 Å². The van der Waals surface area contributed by atoms with Gasteiger partial charge in [0.25, 0.3) is 0 Å². The van der Waals surface area contributed by atoms with E-state index in [0.717, 1.165) is 12.8 Å². The molecule has 0 fully saturated rings. The van der Waals surface area contributed by atoms with E-state index in [9.17, 15) is 19.3 Å². The summed E-state index contributed by atoms with van der Waals surface area (Å²) in [5.41, 5.74) is 8.14. The molecule has 0 aromatic heterocycles. The molecule has 6 N–H and O–H groups in total. The van der Waals surface area contributed by atoms with E-state index in [1.165, 1.54) is 0 Å². The lowest BCUT2D eigenvalue weighted by atomic mass is 10.2. The molecule has 39 heavy (non-hydrogen) atoms.